The van der Waals surface area contributed by atoms with E-state index >= 15 is 0 Å². The Morgan fingerprint density at radius 2 is 1.65 bits per heavy atom. The number of methoxy groups -OCH3 is 3. The van der Waals surface area contributed by atoms with Crippen molar-refractivity contribution in [2.24, 2.45) is 0 Å². The fourth-order valence-corrected chi connectivity index (χ4v) is 6.49. The van der Waals surface area contributed by atoms with Crippen LogP contribution in [0.15, 0.2) is 30.8 Å². The Labute approximate surface area is 267 Å². The maximum atomic E-state index is 13.4. The number of ether oxygens (including phenoxy) is 3. The molecular weight excluding hydrogens is 584 g/mol. The lowest BCUT2D eigenvalue weighted by Crippen LogP contribution is -2.13. The number of aromatic amines is 2. The van der Waals surface area contributed by atoms with Crippen LogP contribution in [0.2, 0.25) is 0 Å². The van der Waals surface area contributed by atoms with Crippen LogP contribution >= 0.6 is 0 Å². The number of aromatic nitrogens is 4. The first kappa shape index (κ1) is 32.4. The topological polar surface area (TPSA) is 136 Å². The predicted molar refractivity (Wildman–Crippen MR) is 178 cm³/mol. The largest absolute Gasteiger partial charge is 0.469 e. The molecule has 0 radical (unpaired) electrons. The Hall–Kier alpha value is -4.99. The van der Waals surface area contributed by atoms with Crippen LogP contribution in [0, 0.1) is 6.92 Å². The van der Waals surface area contributed by atoms with Gasteiger partial charge in [-0.25, -0.2) is 9.78 Å². The standard InChI is InChI=1S/C36H40N4O6/c1-9-21-13-22-14-26-19(4)24(11-12-31(41)44-6)34(39-26)25(15-32(42)45-7)35-33(36(43)46-8)20(5)28(40-35)17-30-23(10-2)18(3)27(38-30)16-29(21)37-22/h9,13-14,16-17,19,24,37,40H,1,10-12,15H2,2-8H3/t19-,24-/m0/s1. The van der Waals surface area contributed by atoms with Crippen molar-refractivity contribution in [3.63, 3.8) is 0 Å². The van der Waals surface area contributed by atoms with Gasteiger partial charge in [-0.1, -0.05) is 26.5 Å². The molecule has 5 heterocycles. The maximum absolute atomic E-state index is 13.4. The van der Waals surface area contributed by atoms with Crippen LogP contribution in [0.1, 0.15) is 102 Å². The van der Waals surface area contributed by atoms with Crippen molar-refractivity contribution < 1.29 is 28.6 Å². The molecule has 3 aromatic rings. The average Bonchev–Trinajstić information content (AvgIpc) is 3.76. The van der Waals surface area contributed by atoms with Crippen molar-refractivity contribution in [1.29, 1.82) is 0 Å². The average molecular weight is 625 g/mol. The molecule has 0 amide bonds. The molecule has 0 spiro atoms. The lowest BCUT2D eigenvalue weighted by Gasteiger charge is -2.17. The van der Waals surface area contributed by atoms with Crippen molar-refractivity contribution in [2.45, 2.75) is 65.2 Å². The molecule has 0 aliphatic carbocycles. The van der Waals surface area contributed by atoms with Gasteiger partial charge in [0.25, 0.3) is 0 Å². The Bertz CT molecular complexity index is 1950. The number of aryl methyl sites for hydroxylation is 1. The predicted octanol–water partition coefficient (Wildman–Crippen LogP) is 6.95. The first-order chi connectivity index (χ1) is 22.0. The van der Waals surface area contributed by atoms with Crippen molar-refractivity contribution in [1.82, 2.24) is 19.9 Å². The number of fused-ring (bicyclic) bond motifs is 8. The van der Waals surface area contributed by atoms with Crippen LogP contribution in [0.25, 0.3) is 39.3 Å². The third-order valence-electron chi connectivity index (χ3n) is 9.12. The van der Waals surface area contributed by atoms with Gasteiger partial charge in [-0.15, -0.1) is 0 Å². The minimum absolute atomic E-state index is 0.136. The van der Waals surface area contributed by atoms with Gasteiger partial charge in [-0.2, -0.15) is 0 Å². The third kappa shape index (κ3) is 5.87. The molecule has 10 nitrogen and oxygen atoms in total. The summed E-state index contributed by atoms with van der Waals surface area (Å²) in [5.74, 6) is -1.80. The van der Waals surface area contributed by atoms with E-state index in [1.165, 1.54) is 21.3 Å². The summed E-state index contributed by atoms with van der Waals surface area (Å²) >= 11 is 0. The van der Waals surface area contributed by atoms with Gasteiger partial charge in [0.05, 0.1) is 55.9 Å². The molecule has 8 bridgehead atoms. The Balaban J connectivity index is 2.00. The molecule has 2 aliphatic rings. The summed E-state index contributed by atoms with van der Waals surface area (Å²) in [5, 5.41) is 0. The number of hydrogen-bond donors (Lipinski definition) is 2. The Morgan fingerprint density at radius 3 is 2.30 bits per heavy atom. The maximum Gasteiger partial charge on any atom is 0.340 e. The van der Waals surface area contributed by atoms with E-state index in [-0.39, 0.29) is 30.6 Å². The quantitative estimate of drug-likeness (QED) is 0.203. The molecule has 46 heavy (non-hydrogen) atoms. The Morgan fingerprint density at radius 1 is 0.935 bits per heavy atom. The fourth-order valence-electron chi connectivity index (χ4n) is 6.49. The molecule has 240 valence electrons. The van der Waals surface area contributed by atoms with Gasteiger partial charge in [0.2, 0.25) is 0 Å². The van der Waals surface area contributed by atoms with Crippen molar-refractivity contribution in [3.05, 3.63) is 75.9 Å². The van der Waals surface area contributed by atoms with Gasteiger partial charge in [-0.3, -0.25) is 14.6 Å². The molecule has 0 saturated carbocycles. The smallest absolute Gasteiger partial charge is 0.340 e. The van der Waals surface area contributed by atoms with E-state index in [4.69, 9.17) is 24.2 Å². The van der Waals surface area contributed by atoms with Gasteiger partial charge in [0.15, 0.2) is 0 Å². The highest BCUT2D eigenvalue weighted by Gasteiger charge is 2.34. The number of rotatable bonds is 8. The molecule has 2 atom stereocenters. The van der Waals surface area contributed by atoms with Crippen LogP contribution in [0.3, 0.4) is 0 Å². The van der Waals surface area contributed by atoms with Crippen LogP contribution in [0.4, 0.5) is 0 Å². The summed E-state index contributed by atoms with van der Waals surface area (Å²) < 4.78 is 15.3. The van der Waals surface area contributed by atoms with Crippen LogP contribution in [-0.2, 0) is 30.2 Å². The SMILES string of the molecule is C=Cc1cc2cc3nc(c(CC(=O)OC)c4[nH]c(cc5nc(cc1[nH]2)C(C)=C5CC)c(C)c4C(=O)OC)[C@@H](CCC(=O)OC)[C@@H]3C. The second kappa shape index (κ2) is 13.2. The second-order valence-corrected chi connectivity index (χ2v) is 11.6. The van der Waals surface area contributed by atoms with Gasteiger partial charge >= 0.3 is 17.9 Å². The first-order valence-electron chi connectivity index (χ1n) is 15.4. The Kier molecular flexibility index (Phi) is 9.27. The number of carbonyl (C=O) groups is 3. The zero-order chi connectivity index (χ0) is 33.3. The van der Waals surface area contributed by atoms with E-state index in [0.29, 0.717) is 39.8 Å². The molecular formula is C36H40N4O6. The van der Waals surface area contributed by atoms with Crippen LogP contribution in [0.5, 0.6) is 0 Å². The summed E-state index contributed by atoms with van der Waals surface area (Å²) in [5.41, 5.74) is 10.2. The van der Waals surface area contributed by atoms with Crippen molar-refractivity contribution in [2.75, 3.05) is 21.3 Å². The second-order valence-electron chi connectivity index (χ2n) is 11.6. The normalized spacial score (nSPS) is 15.9. The number of H-pyrrole nitrogens is 2. The summed E-state index contributed by atoms with van der Waals surface area (Å²) in [4.78, 5) is 55.8. The monoisotopic (exact) mass is 624 g/mol. The first-order valence-corrected chi connectivity index (χ1v) is 15.4. The minimum Gasteiger partial charge on any atom is -0.469 e. The molecule has 5 rings (SSSR count). The van der Waals surface area contributed by atoms with E-state index in [1.807, 2.05) is 38.1 Å². The summed E-state index contributed by atoms with van der Waals surface area (Å²) in [6, 6.07) is 7.94. The van der Waals surface area contributed by atoms with Gasteiger partial charge < -0.3 is 24.2 Å². The molecule has 0 saturated heterocycles. The molecule has 0 aromatic carbocycles. The summed E-state index contributed by atoms with van der Waals surface area (Å²) in [7, 11) is 4.01. The van der Waals surface area contributed by atoms with Gasteiger partial charge in [-0.05, 0) is 73.2 Å². The lowest BCUT2D eigenvalue weighted by molar-refractivity contribution is -0.141. The summed E-state index contributed by atoms with van der Waals surface area (Å²) in [6.07, 6.45) is 2.97. The van der Waals surface area contributed by atoms with E-state index in [0.717, 1.165) is 51.2 Å². The zero-order valence-electron chi connectivity index (χ0n) is 27.4. The number of nitrogens with one attached hydrogen (secondary N) is 2. The zero-order valence-corrected chi connectivity index (χ0v) is 27.4. The minimum atomic E-state index is -0.552. The summed E-state index contributed by atoms with van der Waals surface area (Å²) in [6.45, 7) is 12.1. The number of esters is 3. The van der Waals surface area contributed by atoms with E-state index < -0.39 is 11.9 Å². The molecule has 10 heteroatoms. The van der Waals surface area contributed by atoms with Gasteiger partial charge in [0, 0.05) is 46.1 Å². The number of allylic oxidation sites excluding steroid dienone is 2. The molecule has 2 N–H and O–H groups in total. The highest BCUT2D eigenvalue weighted by molar-refractivity contribution is 6.03. The number of hydrogen-bond acceptors (Lipinski definition) is 8. The van der Waals surface area contributed by atoms with E-state index in [9.17, 15) is 14.4 Å². The van der Waals surface area contributed by atoms with E-state index in [1.54, 1.807) is 6.08 Å². The molecule has 2 aliphatic heterocycles. The molecule has 0 unspecified atom stereocenters. The van der Waals surface area contributed by atoms with Crippen LogP contribution in [-0.4, -0.2) is 59.2 Å². The fraction of sp³-hybridized carbons (Fsp3) is 0.361. The van der Waals surface area contributed by atoms with Crippen LogP contribution < -0.4 is 0 Å². The number of carbonyl (C=O) groups excluding carboxylic acids is 3. The molecule has 3 aromatic heterocycles. The molecule has 0 fully saturated rings. The highest BCUT2D eigenvalue weighted by Crippen LogP contribution is 2.43. The lowest BCUT2D eigenvalue weighted by atomic mass is 9.85. The number of nitrogens with zero attached hydrogens (tertiary/aromatic N) is 2. The highest BCUT2D eigenvalue weighted by atomic mass is 16.5. The van der Waals surface area contributed by atoms with E-state index in [2.05, 4.69) is 30.4 Å². The van der Waals surface area contributed by atoms with Crippen molar-refractivity contribution >= 4 is 57.2 Å². The third-order valence-corrected chi connectivity index (χ3v) is 9.12. The van der Waals surface area contributed by atoms with Crippen molar-refractivity contribution in [3.8, 4) is 0 Å². The van der Waals surface area contributed by atoms with Gasteiger partial charge in [0.1, 0.15) is 0 Å².